The van der Waals surface area contributed by atoms with Gasteiger partial charge < -0.3 is 14.7 Å². The van der Waals surface area contributed by atoms with Gasteiger partial charge in [0.25, 0.3) is 0 Å². The molecule has 0 aliphatic carbocycles. The average Bonchev–Trinajstić information content (AvgIpc) is 2.86. The highest BCUT2D eigenvalue weighted by Gasteiger charge is 2.20. The number of nitrogens with zero attached hydrogens (tertiary/aromatic N) is 2. The summed E-state index contributed by atoms with van der Waals surface area (Å²) in [6.07, 6.45) is 4.06. The Labute approximate surface area is 142 Å². The van der Waals surface area contributed by atoms with Crippen LogP contribution in [0.25, 0.3) is 6.08 Å². The Bertz CT molecular complexity index is 592. The number of benzene rings is 1. The van der Waals surface area contributed by atoms with Crippen molar-refractivity contribution >= 4 is 12.0 Å². The minimum absolute atomic E-state index is 0.0585. The molecular formula is C18H25FN2O3. The second-order valence-corrected chi connectivity index (χ2v) is 5.97. The predicted molar refractivity (Wildman–Crippen MR) is 91.3 cm³/mol. The number of amides is 1. The fraction of sp³-hybridized carbons (Fsp3) is 0.500. The van der Waals surface area contributed by atoms with Crippen molar-refractivity contribution in [2.75, 3.05) is 39.9 Å². The first-order valence-corrected chi connectivity index (χ1v) is 8.20. The Morgan fingerprint density at radius 3 is 2.88 bits per heavy atom. The highest BCUT2D eigenvalue weighted by atomic mass is 19.1. The van der Waals surface area contributed by atoms with E-state index < -0.39 is 5.82 Å². The monoisotopic (exact) mass is 336 g/mol. The van der Waals surface area contributed by atoms with Crippen LogP contribution in [-0.2, 0) is 4.79 Å². The molecule has 1 aromatic carbocycles. The van der Waals surface area contributed by atoms with Gasteiger partial charge >= 0.3 is 0 Å². The Morgan fingerprint density at radius 2 is 2.17 bits per heavy atom. The van der Waals surface area contributed by atoms with Crippen molar-refractivity contribution in [1.82, 2.24) is 9.80 Å². The smallest absolute Gasteiger partial charge is 0.246 e. The number of rotatable bonds is 5. The molecule has 1 atom stereocenters. The number of carbonyl (C=O) groups excluding carboxylic acids is 1. The lowest BCUT2D eigenvalue weighted by molar-refractivity contribution is -0.125. The van der Waals surface area contributed by atoms with E-state index in [1.54, 1.807) is 23.1 Å². The molecule has 132 valence electrons. The topological polar surface area (TPSA) is 53.0 Å². The molecule has 1 saturated heterocycles. The van der Waals surface area contributed by atoms with E-state index in [2.05, 4.69) is 4.90 Å². The number of aliphatic hydroxyl groups excluding tert-OH is 1. The summed E-state index contributed by atoms with van der Waals surface area (Å²) in [7, 11) is 1.41. The third kappa shape index (κ3) is 4.79. The molecule has 1 unspecified atom stereocenters. The molecule has 0 radical (unpaired) electrons. The molecule has 24 heavy (non-hydrogen) atoms. The molecule has 1 aromatic rings. The van der Waals surface area contributed by atoms with Crippen LogP contribution in [0, 0.1) is 5.82 Å². The molecule has 0 saturated carbocycles. The largest absolute Gasteiger partial charge is 0.494 e. The highest BCUT2D eigenvalue weighted by molar-refractivity contribution is 5.91. The Hall–Kier alpha value is -1.92. The van der Waals surface area contributed by atoms with Gasteiger partial charge in [0, 0.05) is 38.3 Å². The SMILES string of the molecule is COc1cc(/C=C/C(=O)N2CCCN(C(C)CO)CC2)ccc1F. The molecule has 2 rings (SSSR count). The molecule has 1 heterocycles. The lowest BCUT2D eigenvalue weighted by Gasteiger charge is -2.26. The summed E-state index contributed by atoms with van der Waals surface area (Å²) < 4.78 is 18.3. The molecule has 0 aromatic heterocycles. The first-order chi connectivity index (χ1) is 11.5. The standard InChI is InChI=1S/C18H25FN2O3/c1-14(13-22)20-8-3-9-21(11-10-20)18(23)7-5-15-4-6-16(19)17(12-15)24-2/h4-7,12,14,22H,3,8-11,13H2,1-2H3/b7-5+. The van der Waals surface area contributed by atoms with E-state index in [4.69, 9.17) is 4.74 Å². The van der Waals surface area contributed by atoms with E-state index in [-0.39, 0.29) is 24.3 Å². The van der Waals surface area contributed by atoms with Crippen LogP contribution in [0.4, 0.5) is 4.39 Å². The van der Waals surface area contributed by atoms with Crippen molar-refractivity contribution in [3.05, 3.63) is 35.7 Å². The summed E-state index contributed by atoms with van der Waals surface area (Å²) in [6.45, 7) is 5.08. The van der Waals surface area contributed by atoms with Gasteiger partial charge in [0.2, 0.25) is 5.91 Å². The lowest BCUT2D eigenvalue weighted by atomic mass is 10.2. The van der Waals surface area contributed by atoms with Gasteiger partial charge in [0.1, 0.15) is 0 Å². The van der Waals surface area contributed by atoms with Crippen molar-refractivity contribution in [2.45, 2.75) is 19.4 Å². The quantitative estimate of drug-likeness (QED) is 0.833. The van der Waals surface area contributed by atoms with Gasteiger partial charge in [-0.2, -0.15) is 0 Å². The first-order valence-electron chi connectivity index (χ1n) is 8.20. The van der Waals surface area contributed by atoms with E-state index in [0.29, 0.717) is 18.7 Å². The van der Waals surface area contributed by atoms with E-state index in [1.807, 2.05) is 6.92 Å². The van der Waals surface area contributed by atoms with E-state index in [0.717, 1.165) is 19.5 Å². The summed E-state index contributed by atoms with van der Waals surface area (Å²) >= 11 is 0. The second kappa shape index (κ2) is 8.80. The van der Waals surface area contributed by atoms with Crippen LogP contribution >= 0.6 is 0 Å². The Morgan fingerprint density at radius 1 is 1.38 bits per heavy atom. The maximum atomic E-state index is 13.4. The molecule has 5 nitrogen and oxygen atoms in total. The van der Waals surface area contributed by atoms with E-state index in [9.17, 15) is 14.3 Å². The summed E-state index contributed by atoms with van der Waals surface area (Å²) in [4.78, 5) is 16.4. The predicted octanol–water partition coefficient (Wildman–Crippen LogP) is 1.76. The van der Waals surface area contributed by atoms with Gasteiger partial charge in [0.05, 0.1) is 13.7 Å². The molecule has 0 bridgehead atoms. The number of carbonyl (C=O) groups is 1. The van der Waals surface area contributed by atoms with Crippen LogP contribution in [0.2, 0.25) is 0 Å². The molecule has 6 heteroatoms. The van der Waals surface area contributed by atoms with Gasteiger partial charge in [-0.1, -0.05) is 6.07 Å². The minimum Gasteiger partial charge on any atom is -0.494 e. The number of halogens is 1. The maximum absolute atomic E-state index is 13.4. The second-order valence-electron chi connectivity index (χ2n) is 5.97. The number of aliphatic hydroxyl groups is 1. The molecule has 1 amide bonds. The van der Waals surface area contributed by atoms with Gasteiger partial charge in [-0.15, -0.1) is 0 Å². The fourth-order valence-corrected chi connectivity index (χ4v) is 2.77. The Balaban J connectivity index is 1.96. The van der Waals surface area contributed by atoms with Crippen LogP contribution in [0.3, 0.4) is 0 Å². The average molecular weight is 336 g/mol. The van der Waals surface area contributed by atoms with E-state index >= 15 is 0 Å². The van der Waals surface area contributed by atoms with Gasteiger partial charge in [-0.3, -0.25) is 9.69 Å². The zero-order chi connectivity index (χ0) is 17.5. The minimum atomic E-state index is -0.424. The van der Waals surface area contributed by atoms with Crippen LogP contribution in [0.5, 0.6) is 5.75 Å². The molecule has 1 N–H and O–H groups in total. The van der Waals surface area contributed by atoms with Gasteiger partial charge in [0.15, 0.2) is 11.6 Å². The highest BCUT2D eigenvalue weighted by Crippen LogP contribution is 2.19. The van der Waals surface area contributed by atoms with Crippen molar-refractivity contribution in [2.24, 2.45) is 0 Å². The fourth-order valence-electron chi connectivity index (χ4n) is 2.77. The van der Waals surface area contributed by atoms with Crippen molar-refractivity contribution in [3.8, 4) is 5.75 Å². The normalized spacial score (nSPS) is 17.8. The number of methoxy groups -OCH3 is 1. The zero-order valence-electron chi connectivity index (χ0n) is 14.2. The van der Waals surface area contributed by atoms with Gasteiger partial charge in [-0.25, -0.2) is 4.39 Å². The van der Waals surface area contributed by atoms with Crippen LogP contribution in [0.1, 0.15) is 18.9 Å². The van der Waals surface area contributed by atoms with E-state index in [1.165, 1.54) is 19.3 Å². The molecule has 1 aliphatic rings. The van der Waals surface area contributed by atoms with Crippen LogP contribution in [-0.4, -0.2) is 66.8 Å². The number of ether oxygens (including phenoxy) is 1. The molecule has 0 spiro atoms. The third-order valence-corrected chi connectivity index (χ3v) is 4.32. The molecule has 1 fully saturated rings. The van der Waals surface area contributed by atoms with Crippen LogP contribution in [0.15, 0.2) is 24.3 Å². The summed E-state index contributed by atoms with van der Waals surface area (Å²) in [5.74, 6) is -0.323. The number of hydrogen-bond acceptors (Lipinski definition) is 4. The zero-order valence-corrected chi connectivity index (χ0v) is 14.2. The molecular weight excluding hydrogens is 311 g/mol. The van der Waals surface area contributed by atoms with Crippen LogP contribution < -0.4 is 4.74 Å². The van der Waals surface area contributed by atoms with Gasteiger partial charge in [-0.05, 0) is 37.1 Å². The Kier molecular flexibility index (Phi) is 6.75. The lowest BCUT2D eigenvalue weighted by Crippen LogP contribution is -2.39. The van der Waals surface area contributed by atoms with Crippen molar-refractivity contribution in [3.63, 3.8) is 0 Å². The number of hydrogen-bond donors (Lipinski definition) is 1. The van der Waals surface area contributed by atoms with Crippen molar-refractivity contribution < 1.29 is 19.0 Å². The summed E-state index contributed by atoms with van der Waals surface area (Å²) in [5.41, 5.74) is 0.715. The third-order valence-electron chi connectivity index (χ3n) is 4.32. The van der Waals surface area contributed by atoms with Crippen molar-refractivity contribution in [1.29, 1.82) is 0 Å². The summed E-state index contributed by atoms with van der Waals surface area (Å²) in [6, 6.07) is 4.60. The summed E-state index contributed by atoms with van der Waals surface area (Å²) in [5, 5.41) is 9.26. The molecule has 1 aliphatic heterocycles. The first kappa shape index (κ1) is 18.4. The maximum Gasteiger partial charge on any atom is 0.246 e.